The molecule has 0 spiro atoms. The van der Waals surface area contributed by atoms with Crippen LogP contribution in [0.2, 0.25) is 0 Å². The summed E-state index contributed by atoms with van der Waals surface area (Å²) in [4.78, 5) is 14.8. The van der Waals surface area contributed by atoms with Gasteiger partial charge in [0.25, 0.3) is 0 Å². The minimum Gasteiger partial charge on any atom is -0.354 e. The van der Waals surface area contributed by atoms with Gasteiger partial charge in [-0.2, -0.15) is 0 Å². The van der Waals surface area contributed by atoms with Crippen molar-refractivity contribution >= 4 is 27.8 Å². The van der Waals surface area contributed by atoms with Gasteiger partial charge in [-0.05, 0) is 20.9 Å². The first-order chi connectivity index (χ1) is 8.95. The molecule has 0 aliphatic rings. The van der Waals surface area contributed by atoms with Crippen LogP contribution in [0.25, 0.3) is 0 Å². The molecule has 2 aromatic rings. The number of anilines is 1. The molecule has 0 fully saturated rings. The van der Waals surface area contributed by atoms with Gasteiger partial charge in [-0.25, -0.2) is 9.97 Å². The minimum atomic E-state index is 0.896. The van der Waals surface area contributed by atoms with Crippen molar-refractivity contribution in [1.82, 2.24) is 14.9 Å². The predicted octanol–water partition coefficient (Wildman–Crippen LogP) is 2.91. The molecule has 0 bridgehead atoms. The van der Waals surface area contributed by atoms with Gasteiger partial charge >= 0.3 is 0 Å². The maximum Gasteiger partial charge on any atom is 0.185 e. The van der Waals surface area contributed by atoms with Gasteiger partial charge in [-0.15, -0.1) is 22.7 Å². The average molecular weight is 296 g/mol. The predicted molar refractivity (Wildman–Crippen MR) is 83.2 cm³/mol. The van der Waals surface area contributed by atoms with E-state index in [1.54, 1.807) is 22.7 Å². The summed E-state index contributed by atoms with van der Waals surface area (Å²) in [5.41, 5.74) is 2.24. The van der Waals surface area contributed by atoms with E-state index in [-0.39, 0.29) is 0 Å². The van der Waals surface area contributed by atoms with Gasteiger partial charge in [0.2, 0.25) is 0 Å². The van der Waals surface area contributed by atoms with E-state index in [1.807, 2.05) is 21.0 Å². The van der Waals surface area contributed by atoms with E-state index in [1.165, 1.54) is 9.88 Å². The SMILES string of the molecule is Cc1csc(CN(C)Cc2sc(N(C)C)nc2C)n1. The molecule has 0 radical (unpaired) electrons. The van der Waals surface area contributed by atoms with E-state index in [0.717, 1.165) is 29.6 Å². The molecule has 0 amide bonds. The molecule has 0 saturated carbocycles. The summed E-state index contributed by atoms with van der Waals surface area (Å²) in [6.07, 6.45) is 0. The molecule has 0 atom stereocenters. The quantitative estimate of drug-likeness (QED) is 0.849. The highest BCUT2D eigenvalue weighted by atomic mass is 32.1. The number of hydrogen-bond donors (Lipinski definition) is 0. The zero-order chi connectivity index (χ0) is 14.0. The second kappa shape index (κ2) is 5.98. The zero-order valence-electron chi connectivity index (χ0n) is 12.1. The summed E-state index contributed by atoms with van der Waals surface area (Å²) in [6.45, 7) is 5.94. The first-order valence-corrected chi connectivity index (χ1v) is 7.88. The summed E-state index contributed by atoms with van der Waals surface area (Å²) in [5, 5.41) is 4.35. The normalized spacial score (nSPS) is 11.3. The maximum absolute atomic E-state index is 4.58. The summed E-state index contributed by atoms with van der Waals surface area (Å²) in [6, 6.07) is 0. The van der Waals surface area contributed by atoms with Crippen LogP contribution in [0.5, 0.6) is 0 Å². The van der Waals surface area contributed by atoms with E-state index in [0.29, 0.717) is 0 Å². The largest absolute Gasteiger partial charge is 0.354 e. The monoisotopic (exact) mass is 296 g/mol. The Bertz CT molecular complexity index is 545. The maximum atomic E-state index is 4.58. The molecule has 0 unspecified atom stereocenters. The number of rotatable bonds is 5. The van der Waals surface area contributed by atoms with E-state index >= 15 is 0 Å². The summed E-state index contributed by atoms with van der Waals surface area (Å²) >= 11 is 3.50. The number of hydrogen-bond acceptors (Lipinski definition) is 6. The first kappa shape index (κ1) is 14.4. The Kier molecular flexibility index (Phi) is 4.54. The smallest absolute Gasteiger partial charge is 0.185 e. The highest BCUT2D eigenvalue weighted by Gasteiger charge is 2.12. The Hall–Kier alpha value is -0.980. The third-order valence-corrected chi connectivity index (χ3v) is 5.01. The lowest BCUT2D eigenvalue weighted by atomic mass is 10.3. The number of thiazole rings is 2. The van der Waals surface area contributed by atoms with E-state index in [2.05, 4.69) is 39.1 Å². The van der Waals surface area contributed by atoms with Crippen LogP contribution in [0.1, 0.15) is 21.3 Å². The van der Waals surface area contributed by atoms with Gasteiger partial charge in [0.05, 0.1) is 12.2 Å². The van der Waals surface area contributed by atoms with Crippen LogP contribution >= 0.6 is 22.7 Å². The van der Waals surface area contributed by atoms with Gasteiger partial charge in [0.1, 0.15) is 5.01 Å². The highest BCUT2D eigenvalue weighted by Crippen LogP contribution is 2.26. The molecule has 104 valence electrons. The fraction of sp³-hybridized carbons (Fsp3) is 0.538. The molecule has 0 aliphatic carbocycles. The number of nitrogens with zero attached hydrogens (tertiary/aromatic N) is 4. The van der Waals surface area contributed by atoms with Crippen molar-refractivity contribution in [3.8, 4) is 0 Å². The van der Waals surface area contributed by atoms with Crippen molar-refractivity contribution in [3.05, 3.63) is 26.7 Å². The average Bonchev–Trinajstić information content (AvgIpc) is 2.86. The lowest BCUT2D eigenvalue weighted by molar-refractivity contribution is 0.320. The van der Waals surface area contributed by atoms with Crippen LogP contribution in [0.15, 0.2) is 5.38 Å². The van der Waals surface area contributed by atoms with E-state index in [9.17, 15) is 0 Å². The van der Waals surface area contributed by atoms with Crippen molar-refractivity contribution in [2.75, 3.05) is 26.0 Å². The molecule has 6 heteroatoms. The Labute approximate surface area is 122 Å². The lowest BCUT2D eigenvalue weighted by Gasteiger charge is -2.14. The lowest BCUT2D eigenvalue weighted by Crippen LogP contribution is -2.17. The second-order valence-electron chi connectivity index (χ2n) is 4.95. The van der Waals surface area contributed by atoms with E-state index < -0.39 is 0 Å². The topological polar surface area (TPSA) is 32.3 Å². The van der Waals surface area contributed by atoms with Gasteiger partial charge in [0.15, 0.2) is 5.13 Å². The fourth-order valence-corrected chi connectivity index (χ4v) is 3.67. The minimum absolute atomic E-state index is 0.896. The second-order valence-corrected chi connectivity index (χ2v) is 6.96. The van der Waals surface area contributed by atoms with Gasteiger partial charge in [-0.1, -0.05) is 0 Å². The Morgan fingerprint density at radius 3 is 2.37 bits per heavy atom. The summed E-state index contributed by atoms with van der Waals surface area (Å²) < 4.78 is 0. The standard InChI is InChI=1S/C13H20N4S2/c1-9-8-18-12(14-9)7-17(5)6-11-10(2)15-13(19-11)16(3)4/h8H,6-7H2,1-5H3. The Morgan fingerprint density at radius 1 is 1.11 bits per heavy atom. The summed E-state index contributed by atoms with van der Waals surface area (Å²) in [7, 11) is 6.19. The number of aromatic nitrogens is 2. The third-order valence-electron chi connectivity index (χ3n) is 2.75. The zero-order valence-corrected chi connectivity index (χ0v) is 13.7. The molecule has 4 nitrogen and oxygen atoms in total. The van der Waals surface area contributed by atoms with Crippen LogP contribution in [0, 0.1) is 13.8 Å². The molecule has 2 aromatic heterocycles. The molecule has 0 aliphatic heterocycles. The van der Waals surface area contributed by atoms with Crippen molar-refractivity contribution in [2.24, 2.45) is 0 Å². The van der Waals surface area contributed by atoms with Crippen molar-refractivity contribution in [1.29, 1.82) is 0 Å². The summed E-state index contributed by atoms with van der Waals surface area (Å²) in [5.74, 6) is 0. The van der Waals surface area contributed by atoms with Crippen LogP contribution in [0.3, 0.4) is 0 Å². The molecule has 19 heavy (non-hydrogen) atoms. The van der Waals surface area contributed by atoms with Gasteiger partial charge < -0.3 is 4.90 Å². The van der Waals surface area contributed by atoms with Crippen molar-refractivity contribution < 1.29 is 0 Å². The third kappa shape index (κ3) is 3.75. The van der Waals surface area contributed by atoms with Crippen LogP contribution < -0.4 is 4.90 Å². The van der Waals surface area contributed by atoms with Crippen molar-refractivity contribution in [3.63, 3.8) is 0 Å². The molecule has 2 rings (SSSR count). The molecular formula is C13H20N4S2. The number of aryl methyl sites for hydroxylation is 2. The van der Waals surface area contributed by atoms with Gasteiger partial charge in [0, 0.05) is 36.6 Å². The molecule has 0 aromatic carbocycles. The molecule has 0 N–H and O–H groups in total. The first-order valence-electron chi connectivity index (χ1n) is 6.19. The highest BCUT2D eigenvalue weighted by molar-refractivity contribution is 7.15. The van der Waals surface area contributed by atoms with E-state index in [4.69, 9.17) is 0 Å². The van der Waals surface area contributed by atoms with Gasteiger partial charge in [-0.3, -0.25) is 4.90 Å². The Morgan fingerprint density at radius 2 is 1.84 bits per heavy atom. The van der Waals surface area contributed by atoms with Crippen LogP contribution in [0.4, 0.5) is 5.13 Å². The fourth-order valence-electron chi connectivity index (χ4n) is 1.76. The van der Waals surface area contributed by atoms with Crippen LogP contribution in [-0.4, -0.2) is 36.0 Å². The molecule has 0 saturated heterocycles. The molecular weight excluding hydrogens is 276 g/mol. The van der Waals surface area contributed by atoms with Crippen LogP contribution in [-0.2, 0) is 13.1 Å². The Balaban J connectivity index is 2.00. The molecule has 2 heterocycles. The van der Waals surface area contributed by atoms with Crippen molar-refractivity contribution in [2.45, 2.75) is 26.9 Å².